The summed E-state index contributed by atoms with van der Waals surface area (Å²) in [5, 5.41) is 22.9. The number of non-ortho nitro benzene ring substituents is 1. The summed E-state index contributed by atoms with van der Waals surface area (Å²) in [5.41, 5.74) is 1.46. The molecule has 0 aliphatic heterocycles. The highest BCUT2D eigenvalue weighted by Crippen LogP contribution is 2.30. The molecule has 0 unspecified atom stereocenters. The van der Waals surface area contributed by atoms with Crippen LogP contribution in [0.2, 0.25) is 0 Å². The molecule has 3 aromatic carbocycles. The minimum Gasteiger partial charge on any atom is -0.490 e. The number of nitrogens with one attached hydrogen (secondary N) is 1. The maximum Gasteiger partial charge on any atom is 0.271 e. The molecule has 0 aliphatic rings. The highest BCUT2D eigenvalue weighted by atomic mass is 127. The van der Waals surface area contributed by atoms with Crippen LogP contribution in [-0.4, -0.2) is 17.4 Å². The Morgan fingerprint density at radius 2 is 1.88 bits per heavy atom. The van der Waals surface area contributed by atoms with E-state index in [1.165, 1.54) is 30.3 Å². The Kier molecular flexibility index (Phi) is 8.59. The Bertz CT molecular complexity index is 1270. The molecule has 3 aromatic rings. The van der Waals surface area contributed by atoms with Gasteiger partial charge in [0.2, 0.25) is 0 Å². The Morgan fingerprint density at radius 1 is 1.12 bits per heavy atom. The van der Waals surface area contributed by atoms with Crippen molar-refractivity contribution < 1.29 is 19.2 Å². The number of benzene rings is 3. The van der Waals surface area contributed by atoms with E-state index in [-0.39, 0.29) is 16.9 Å². The SMILES string of the molecule is CCOc1cc(/C=C(\C#N)C(=O)Nc2cccc([N+](=O)[O-])c2)ccc1OCc1ccc(I)cc1. The van der Waals surface area contributed by atoms with Gasteiger partial charge in [-0.25, -0.2) is 0 Å². The number of ether oxygens (including phenoxy) is 2. The third-order valence-electron chi connectivity index (χ3n) is 4.57. The molecule has 0 heterocycles. The third kappa shape index (κ3) is 6.79. The van der Waals surface area contributed by atoms with Gasteiger partial charge in [-0.05, 0) is 77.0 Å². The first-order valence-electron chi connectivity index (χ1n) is 10.2. The molecule has 0 radical (unpaired) electrons. The van der Waals surface area contributed by atoms with E-state index in [0.29, 0.717) is 30.3 Å². The number of halogens is 1. The second kappa shape index (κ2) is 11.8. The number of carbonyl (C=O) groups is 1. The zero-order valence-electron chi connectivity index (χ0n) is 18.2. The number of hydrogen-bond acceptors (Lipinski definition) is 6. The molecule has 1 amide bonds. The zero-order valence-corrected chi connectivity index (χ0v) is 20.3. The van der Waals surface area contributed by atoms with E-state index in [2.05, 4.69) is 27.9 Å². The van der Waals surface area contributed by atoms with Crippen molar-refractivity contribution in [3.05, 3.63) is 97.1 Å². The van der Waals surface area contributed by atoms with Crippen LogP contribution in [0, 0.1) is 25.0 Å². The molecule has 34 heavy (non-hydrogen) atoms. The summed E-state index contributed by atoms with van der Waals surface area (Å²) in [4.78, 5) is 22.9. The lowest BCUT2D eigenvalue weighted by Crippen LogP contribution is -2.13. The van der Waals surface area contributed by atoms with Gasteiger partial charge in [0.25, 0.3) is 11.6 Å². The third-order valence-corrected chi connectivity index (χ3v) is 5.29. The fourth-order valence-electron chi connectivity index (χ4n) is 2.95. The largest absolute Gasteiger partial charge is 0.490 e. The number of carbonyl (C=O) groups excluding carboxylic acids is 1. The lowest BCUT2D eigenvalue weighted by molar-refractivity contribution is -0.384. The first-order chi connectivity index (χ1) is 16.4. The Morgan fingerprint density at radius 3 is 2.56 bits per heavy atom. The number of nitrogens with zero attached hydrogens (tertiary/aromatic N) is 2. The van der Waals surface area contributed by atoms with Gasteiger partial charge in [-0.15, -0.1) is 0 Å². The highest BCUT2D eigenvalue weighted by molar-refractivity contribution is 14.1. The van der Waals surface area contributed by atoms with Crippen LogP contribution in [0.3, 0.4) is 0 Å². The minimum absolute atomic E-state index is 0.164. The maximum absolute atomic E-state index is 12.6. The average molecular weight is 569 g/mol. The predicted octanol–water partition coefficient (Wildman–Crippen LogP) is 5.72. The second-order valence-electron chi connectivity index (χ2n) is 6.99. The Labute approximate surface area is 210 Å². The molecule has 0 aliphatic carbocycles. The lowest BCUT2D eigenvalue weighted by Gasteiger charge is -2.13. The molecule has 0 saturated heterocycles. The molecule has 9 heteroatoms. The zero-order chi connectivity index (χ0) is 24.5. The molecule has 0 atom stereocenters. The van der Waals surface area contributed by atoms with E-state index in [0.717, 1.165) is 9.13 Å². The maximum atomic E-state index is 12.6. The van der Waals surface area contributed by atoms with Crippen molar-refractivity contribution in [2.75, 3.05) is 11.9 Å². The molecule has 8 nitrogen and oxygen atoms in total. The van der Waals surface area contributed by atoms with Crippen LogP contribution >= 0.6 is 22.6 Å². The highest BCUT2D eigenvalue weighted by Gasteiger charge is 2.13. The summed E-state index contributed by atoms with van der Waals surface area (Å²) in [6, 6.07) is 20.4. The van der Waals surface area contributed by atoms with Gasteiger partial charge in [-0.1, -0.05) is 24.3 Å². The number of anilines is 1. The fourth-order valence-corrected chi connectivity index (χ4v) is 3.31. The topological polar surface area (TPSA) is 114 Å². The number of rotatable bonds is 9. The van der Waals surface area contributed by atoms with Gasteiger partial charge in [-0.2, -0.15) is 5.26 Å². The summed E-state index contributed by atoms with van der Waals surface area (Å²) in [7, 11) is 0. The first kappa shape index (κ1) is 24.7. The van der Waals surface area contributed by atoms with Gasteiger partial charge in [-0.3, -0.25) is 14.9 Å². The molecule has 0 saturated carbocycles. The average Bonchev–Trinajstić information content (AvgIpc) is 2.83. The summed E-state index contributed by atoms with van der Waals surface area (Å²) < 4.78 is 12.7. The van der Waals surface area contributed by atoms with Gasteiger partial charge in [0.1, 0.15) is 18.2 Å². The fraction of sp³-hybridized carbons (Fsp3) is 0.120. The number of nitro benzene ring substituents is 1. The van der Waals surface area contributed by atoms with Gasteiger partial charge in [0, 0.05) is 21.4 Å². The molecular formula is C25H20IN3O5. The molecule has 0 fully saturated rings. The molecule has 172 valence electrons. The van der Waals surface area contributed by atoms with Gasteiger partial charge in [0.05, 0.1) is 11.5 Å². The van der Waals surface area contributed by atoms with E-state index in [9.17, 15) is 20.2 Å². The van der Waals surface area contributed by atoms with E-state index >= 15 is 0 Å². The van der Waals surface area contributed by atoms with E-state index in [1.807, 2.05) is 37.3 Å². The lowest BCUT2D eigenvalue weighted by atomic mass is 10.1. The molecular weight excluding hydrogens is 549 g/mol. The summed E-state index contributed by atoms with van der Waals surface area (Å²) in [5.74, 6) is 0.343. The standard InChI is InChI=1S/C25H20IN3O5/c1-2-33-24-13-18(8-11-23(24)34-16-17-6-9-20(26)10-7-17)12-19(15-27)25(30)28-21-4-3-5-22(14-21)29(31)32/h3-14H,2,16H2,1H3,(H,28,30)/b19-12+. The van der Waals surface area contributed by atoms with Crippen LogP contribution in [0.15, 0.2) is 72.3 Å². The molecule has 0 bridgehead atoms. The van der Waals surface area contributed by atoms with Gasteiger partial charge in [0.15, 0.2) is 11.5 Å². The summed E-state index contributed by atoms with van der Waals surface area (Å²) in [6.07, 6.45) is 1.41. The van der Waals surface area contributed by atoms with Crippen molar-refractivity contribution >= 4 is 45.9 Å². The second-order valence-corrected chi connectivity index (χ2v) is 8.23. The number of amides is 1. The van der Waals surface area contributed by atoms with Gasteiger partial charge < -0.3 is 14.8 Å². The monoisotopic (exact) mass is 569 g/mol. The molecule has 3 rings (SSSR count). The summed E-state index contributed by atoms with van der Waals surface area (Å²) >= 11 is 2.24. The molecule has 0 aromatic heterocycles. The van der Waals surface area contributed by atoms with Crippen molar-refractivity contribution in [1.82, 2.24) is 0 Å². The van der Waals surface area contributed by atoms with E-state index < -0.39 is 10.8 Å². The van der Waals surface area contributed by atoms with Crippen molar-refractivity contribution in [2.45, 2.75) is 13.5 Å². The van der Waals surface area contributed by atoms with Crippen LogP contribution in [-0.2, 0) is 11.4 Å². The van der Waals surface area contributed by atoms with Crippen LogP contribution in [0.4, 0.5) is 11.4 Å². The Balaban J connectivity index is 1.78. The predicted molar refractivity (Wildman–Crippen MR) is 136 cm³/mol. The van der Waals surface area contributed by atoms with Crippen LogP contribution in [0.25, 0.3) is 6.08 Å². The van der Waals surface area contributed by atoms with Crippen LogP contribution in [0.5, 0.6) is 11.5 Å². The first-order valence-corrected chi connectivity index (χ1v) is 11.3. The normalized spacial score (nSPS) is 10.8. The van der Waals surface area contributed by atoms with Crippen molar-refractivity contribution in [1.29, 1.82) is 5.26 Å². The van der Waals surface area contributed by atoms with Crippen molar-refractivity contribution in [3.63, 3.8) is 0 Å². The smallest absolute Gasteiger partial charge is 0.271 e. The van der Waals surface area contributed by atoms with E-state index in [4.69, 9.17) is 9.47 Å². The quantitative estimate of drug-likeness (QED) is 0.116. The number of hydrogen-bond donors (Lipinski definition) is 1. The number of nitro groups is 1. The van der Waals surface area contributed by atoms with E-state index in [1.54, 1.807) is 18.2 Å². The summed E-state index contributed by atoms with van der Waals surface area (Å²) in [6.45, 7) is 2.62. The number of nitriles is 1. The van der Waals surface area contributed by atoms with Crippen LogP contribution in [0.1, 0.15) is 18.1 Å². The van der Waals surface area contributed by atoms with Crippen molar-refractivity contribution in [2.24, 2.45) is 0 Å². The minimum atomic E-state index is -0.681. The van der Waals surface area contributed by atoms with Crippen LogP contribution < -0.4 is 14.8 Å². The molecule has 1 N–H and O–H groups in total. The molecule has 0 spiro atoms. The Hall–Kier alpha value is -3.91. The van der Waals surface area contributed by atoms with Crippen molar-refractivity contribution in [3.8, 4) is 17.6 Å². The van der Waals surface area contributed by atoms with Gasteiger partial charge >= 0.3 is 0 Å².